The van der Waals surface area contributed by atoms with Crippen LogP contribution in [0.4, 0.5) is 0 Å². The van der Waals surface area contributed by atoms with E-state index in [9.17, 15) is 4.79 Å². The lowest BCUT2D eigenvalue weighted by molar-refractivity contribution is 0.112. The number of hydrogen-bond acceptors (Lipinski definition) is 1. The van der Waals surface area contributed by atoms with Crippen molar-refractivity contribution in [1.29, 1.82) is 0 Å². The van der Waals surface area contributed by atoms with Gasteiger partial charge in [0.2, 0.25) is 0 Å². The smallest absolute Gasteiger partial charge is 0.150 e. The molecule has 98 valence electrons. The Morgan fingerprint density at radius 2 is 1.89 bits per heavy atom. The summed E-state index contributed by atoms with van der Waals surface area (Å²) >= 11 is 0. The quantitative estimate of drug-likeness (QED) is 0.669. The highest BCUT2D eigenvalue weighted by Crippen LogP contribution is 2.40. The molecule has 1 nitrogen and oxygen atoms in total. The Bertz CT molecular complexity index is 366. The van der Waals surface area contributed by atoms with Crippen molar-refractivity contribution in [2.75, 3.05) is 0 Å². The molecule has 0 aromatic heterocycles. The van der Waals surface area contributed by atoms with E-state index >= 15 is 0 Å². The monoisotopic (exact) mass is 244 g/mol. The lowest BCUT2D eigenvalue weighted by Gasteiger charge is -2.32. The van der Waals surface area contributed by atoms with E-state index in [1.807, 2.05) is 12.1 Å². The molecule has 2 atom stereocenters. The Labute approximate surface area is 111 Å². The molecule has 1 fully saturated rings. The minimum Gasteiger partial charge on any atom is -0.298 e. The fourth-order valence-electron chi connectivity index (χ4n) is 3.28. The summed E-state index contributed by atoms with van der Waals surface area (Å²) in [6.45, 7) is 2.27. The molecule has 0 N–H and O–H groups in total. The average Bonchev–Trinajstić information content (AvgIpc) is 2.45. The number of rotatable bonds is 5. The van der Waals surface area contributed by atoms with Gasteiger partial charge in [-0.15, -0.1) is 0 Å². The Kier molecular flexibility index (Phi) is 4.98. The molecule has 0 saturated heterocycles. The molecular weight excluding hydrogens is 220 g/mol. The summed E-state index contributed by atoms with van der Waals surface area (Å²) in [7, 11) is 0. The van der Waals surface area contributed by atoms with Crippen molar-refractivity contribution < 1.29 is 4.79 Å². The average molecular weight is 244 g/mol. The number of aldehydes is 1. The third kappa shape index (κ3) is 3.22. The molecule has 0 heterocycles. The van der Waals surface area contributed by atoms with Gasteiger partial charge in [-0.3, -0.25) is 4.79 Å². The van der Waals surface area contributed by atoms with Gasteiger partial charge in [0.05, 0.1) is 0 Å². The van der Waals surface area contributed by atoms with Gasteiger partial charge in [0, 0.05) is 5.56 Å². The number of benzene rings is 1. The van der Waals surface area contributed by atoms with E-state index in [1.54, 1.807) is 0 Å². The van der Waals surface area contributed by atoms with Gasteiger partial charge in [0.15, 0.2) is 0 Å². The second-order valence-corrected chi connectivity index (χ2v) is 5.58. The lowest BCUT2D eigenvalue weighted by atomic mass is 9.73. The molecule has 0 radical (unpaired) electrons. The van der Waals surface area contributed by atoms with Gasteiger partial charge in [0.25, 0.3) is 0 Å². The van der Waals surface area contributed by atoms with Crippen LogP contribution in [0.25, 0.3) is 0 Å². The first-order valence-corrected chi connectivity index (χ1v) is 7.40. The van der Waals surface area contributed by atoms with Crippen molar-refractivity contribution in [3.05, 3.63) is 35.4 Å². The van der Waals surface area contributed by atoms with Crippen LogP contribution in [-0.4, -0.2) is 6.29 Å². The van der Waals surface area contributed by atoms with Gasteiger partial charge in [-0.1, -0.05) is 56.9 Å². The third-order valence-electron chi connectivity index (χ3n) is 4.34. The van der Waals surface area contributed by atoms with Gasteiger partial charge in [-0.2, -0.15) is 0 Å². The fourth-order valence-corrected chi connectivity index (χ4v) is 3.28. The molecule has 1 aliphatic carbocycles. The zero-order chi connectivity index (χ0) is 12.8. The van der Waals surface area contributed by atoms with E-state index in [0.29, 0.717) is 0 Å². The van der Waals surface area contributed by atoms with Crippen LogP contribution in [0.1, 0.15) is 73.7 Å². The molecule has 1 aromatic rings. The van der Waals surface area contributed by atoms with Gasteiger partial charge < -0.3 is 0 Å². The van der Waals surface area contributed by atoms with Crippen LogP contribution in [0.15, 0.2) is 24.3 Å². The molecule has 0 bridgehead atoms. The maximum absolute atomic E-state index is 10.7. The minimum absolute atomic E-state index is 0.728. The minimum atomic E-state index is 0.728. The van der Waals surface area contributed by atoms with Crippen LogP contribution in [0.5, 0.6) is 0 Å². The molecule has 1 aromatic carbocycles. The van der Waals surface area contributed by atoms with Crippen LogP contribution < -0.4 is 0 Å². The lowest BCUT2D eigenvalue weighted by Crippen LogP contribution is -2.17. The highest BCUT2D eigenvalue weighted by atomic mass is 16.1. The maximum Gasteiger partial charge on any atom is 0.150 e. The molecule has 1 heteroatoms. The molecule has 18 heavy (non-hydrogen) atoms. The topological polar surface area (TPSA) is 17.1 Å². The summed E-state index contributed by atoms with van der Waals surface area (Å²) in [6, 6.07) is 8.26. The van der Waals surface area contributed by atoms with Crippen LogP contribution in [0.2, 0.25) is 0 Å². The Morgan fingerprint density at radius 3 is 2.56 bits per heavy atom. The van der Waals surface area contributed by atoms with Crippen LogP contribution in [0, 0.1) is 5.92 Å². The molecule has 0 aliphatic heterocycles. The summed E-state index contributed by atoms with van der Waals surface area (Å²) in [4.78, 5) is 10.7. The second-order valence-electron chi connectivity index (χ2n) is 5.58. The standard InChI is InChI=1S/C17H24O/c1-2-3-6-15-7-4-5-8-17(15)16-11-9-14(13-18)10-12-16/h9-13,15,17H,2-8H2,1H3. The molecule has 2 unspecified atom stereocenters. The second kappa shape index (κ2) is 6.72. The molecule has 1 saturated carbocycles. The summed E-state index contributed by atoms with van der Waals surface area (Å²) in [5, 5.41) is 0. The molecule has 0 spiro atoms. The van der Waals surface area contributed by atoms with E-state index < -0.39 is 0 Å². The van der Waals surface area contributed by atoms with Crippen molar-refractivity contribution in [3.63, 3.8) is 0 Å². The normalized spacial score (nSPS) is 23.8. The van der Waals surface area contributed by atoms with E-state index in [-0.39, 0.29) is 0 Å². The first-order chi connectivity index (χ1) is 8.85. The first-order valence-electron chi connectivity index (χ1n) is 7.40. The highest BCUT2D eigenvalue weighted by molar-refractivity contribution is 5.74. The molecule has 0 amide bonds. The van der Waals surface area contributed by atoms with Crippen molar-refractivity contribution >= 4 is 6.29 Å². The Hall–Kier alpha value is -1.11. The first kappa shape index (κ1) is 13.3. The fraction of sp³-hybridized carbons (Fsp3) is 0.588. The zero-order valence-corrected chi connectivity index (χ0v) is 11.4. The molecule has 2 rings (SSSR count). The third-order valence-corrected chi connectivity index (χ3v) is 4.34. The van der Waals surface area contributed by atoms with Gasteiger partial charge in [-0.25, -0.2) is 0 Å². The van der Waals surface area contributed by atoms with Gasteiger partial charge in [-0.05, 0) is 36.7 Å². The highest BCUT2D eigenvalue weighted by Gasteiger charge is 2.25. The van der Waals surface area contributed by atoms with Crippen molar-refractivity contribution in [2.24, 2.45) is 5.92 Å². The van der Waals surface area contributed by atoms with E-state index in [0.717, 1.165) is 23.7 Å². The zero-order valence-electron chi connectivity index (χ0n) is 11.4. The predicted molar refractivity (Wildman–Crippen MR) is 76.1 cm³/mol. The van der Waals surface area contributed by atoms with Crippen LogP contribution in [-0.2, 0) is 0 Å². The van der Waals surface area contributed by atoms with Crippen molar-refractivity contribution in [3.8, 4) is 0 Å². The number of unbranched alkanes of at least 4 members (excludes halogenated alkanes) is 1. The number of carbonyl (C=O) groups excluding carboxylic acids is 1. The SMILES string of the molecule is CCCCC1CCCCC1c1ccc(C=O)cc1. The Morgan fingerprint density at radius 1 is 1.17 bits per heavy atom. The maximum atomic E-state index is 10.7. The van der Waals surface area contributed by atoms with Gasteiger partial charge >= 0.3 is 0 Å². The van der Waals surface area contributed by atoms with Gasteiger partial charge in [0.1, 0.15) is 6.29 Å². The van der Waals surface area contributed by atoms with Crippen LogP contribution in [0.3, 0.4) is 0 Å². The summed E-state index contributed by atoms with van der Waals surface area (Å²) in [5.41, 5.74) is 2.24. The summed E-state index contributed by atoms with van der Waals surface area (Å²) in [5.74, 6) is 1.59. The summed E-state index contributed by atoms with van der Waals surface area (Å²) in [6.07, 6.45) is 10.4. The number of hydrogen-bond donors (Lipinski definition) is 0. The van der Waals surface area contributed by atoms with Crippen molar-refractivity contribution in [1.82, 2.24) is 0 Å². The van der Waals surface area contributed by atoms with E-state index in [4.69, 9.17) is 0 Å². The molecule has 1 aliphatic rings. The van der Waals surface area contributed by atoms with Crippen LogP contribution >= 0.6 is 0 Å². The summed E-state index contributed by atoms with van der Waals surface area (Å²) < 4.78 is 0. The predicted octanol–water partition coefficient (Wildman–Crippen LogP) is 4.96. The Balaban J connectivity index is 2.08. The van der Waals surface area contributed by atoms with Crippen molar-refractivity contribution in [2.45, 2.75) is 57.8 Å². The van der Waals surface area contributed by atoms with E-state index in [1.165, 1.54) is 50.5 Å². The molecular formula is C17H24O. The number of carbonyl (C=O) groups is 1. The largest absolute Gasteiger partial charge is 0.298 e. The van der Waals surface area contributed by atoms with E-state index in [2.05, 4.69) is 19.1 Å².